The first-order chi connectivity index (χ1) is 15.8. The highest BCUT2D eigenvalue weighted by molar-refractivity contribution is 7.99. The SMILES string of the molecule is CCc1sc2nc(SCC(=O)c3cc(C)ccc3C)n(-c3cccc(OC)c3)c(=O)c2c1C. The average molecular weight is 479 g/mol. The molecular weight excluding hydrogens is 452 g/mol. The number of rotatable bonds is 7. The maximum Gasteiger partial charge on any atom is 0.267 e. The lowest BCUT2D eigenvalue weighted by Gasteiger charge is -2.13. The number of thioether (sulfide) groups is 1. The maximum atomic E-state index is 13.7. The summed E-state index contributed by atoms with van der Waals surface area (Å²) in [5.74, 6) is 0.861. The van der Waals surface area contributed by atoms with Crippen LogP contribution >= 0.6 is 23.1 Å². The molecule has 0 aliphatic carbocycles. The number of fused-ring (bicyclic) bond motifs is 1. The van der Waals surface area contributed by atoms with Gasteiger partial charge in [0.05, 0.1) is 23.9 Å². The second-order valence-electron chi connectivity index (χ2n) is 7.95. The van der Waals surface area contributed by atoms with E-state index in [2.05, 4.69) is 6.92 Å². The van der Waals surface area contributed by atoms with Crippen LogP contribution in [0, 0.1) is 20.8 Å². The number of carbonyl (C=O) groups excluding carboxylic acids is 1. The summed E-state index contributed by atoms with van der Waals surface area (Å²) in [4.78, 5) is 33.5. The lowest BCUT2D eigenvalue weighted by molar-refractivity contribution is 0.102. The monoisotopic (exact) mass is 478 g/mol. The smallest absolute Gasteiger partial charge is 0.267 e. The van der Waals surface area contributed by atoms with Gasteiger partial charge in [-0.05, 0) is 56.5 Å². The van der Waals surface area contributed by atoms with E-state index in [0.717, 1.165) is 32.8 Å². The average Bonchev–Trinajstić information content (AvgIpc) is 3.14. The number of methoxy groups -OCH3 is 1. The molecule has 0 saturated carbocycles. The summed E-state index contributed by atoms with van der Waals surface area (Å²) in [6.45, 7) is 7.97. The van der Waals surface area contributed by atoms with Crippen LogP contribution in [0.3, 0.4) is 0 Å². The van der Waals surface area contributed by atoms with Crippen molar-refractivity contribution in [1.29, 1.82) is 0 Å². The molecule has 0 N–H and O–H groups in total. The number of ketones is 1. The van der Waals surface area contributed by atoms with E-state index in [1.54, 1.807) is 23.0 Å². The predicted octanol–water partition coefficient (Wildman–Crippen LogP) is 5.92. The van der Waals surface area contributed by atoms with Crippen LogP contribution in [-0.2, 0) is 6.42 Å². The molecule has 4 rings (SSSR count). The van der Waals surface area contributed by atoms with Crippen molar-refractivity contribution in [2.45, 2.75) is 39.3 Å². The lowest BCUT2D eigenvalue weighted by atomic mass is 10.0. The summed E-state index contributed by atoms with van der Waals surface area (Å²) in [6.07, 6.45) is 0.846. The van der Waals surface area contributed by atoms with Crippen molar-refractivity contribution in [3.8, 4) is 11.4 Å². The molecule has 170 valence electrons. The van der Waals surface area contributed by atoms with E-state index in [4.69, 9.17) is 9.72 Å². The van der Waals surface area contributed by atoms with E-state index in [0.29, 0.717) is 27.5 Å². The van der Waals surface area contributed by atoms with Gasteiger partial charge in [-0.15, -0.1) is 11.3 Å². The molecule has 0 aliphatic rings. The van der Waals surface area contributed by atoms with Gasteiger partial charge in [0, 0.05) is 16.5 Å². The number of aryl methyl sites for hydroxylation is 4. The van der Waals surface area contributed by atoms with Crippen LogP contribution in [0.1, 0.15) is 38.8 Å². The van der Waals surface area contributed by atoms with Crippen molar-refractivity contribution >= 4 is 39.1 Å². The van der Waals surface area contributed by atoms with Gasteiger partial charge in [-0.25, -0.2) is 4.98 Å². The van der Waals surface area contributed by atoms with Crippen molar-refractivity contribution in [2.75, 3.05) is 12.9 Å². The molecule has 0 fully saturated rings. The van der Waals surface area contributed by atoms with Crippen LogP contribution < -0.4 is 10.3 Å². The Morgan fingerprint density at radius 3 is 2.67 bits per heavy atom. The number of aromatic nitrogens is 2. The minimum Gasteiger partial charge on any atom is -0.497 e. The fourth-order valence-electron chi connectivity index (χ4n) is 3.87. The normalized spacial score (nSPS) is 11.2. The molecular formula is C26H26N2O3S2. The molecule has 0 saturated heterocycles. The number of thiophene rings is 1. The Balaban J connectivity index is 1.83. The third-order valence-electron chi connectivity index (χ3n) is 5.69. The summed E-state index contributed by atoms with van der Waals surface area (Å²) in [5.41, 5.74) is 4.22. The van der Waals surface area contributed by atoms with E-state index in [9.17, 15) is 9.59 Å². The van der Waals surface area contributed by atoms with E-state index >= 15 is 0 Å². The topological polar surface area (TPSA) is 61.2 Å². The van der Waals surface area contributed by atoms with Gasteiger partial charge in [-0.1, -0.05) is 42.4 Å². The Bertz CT molecular complexity index is 1420. The van der Waals surface area contributed by atoms with Gasteiger partial charge in [-0.2, -0.15) is 0 Å². The van der Waals surface area contributed by atoms with Gasteiger partial charge < -0.3 is 4.74 Å². The Morgan fingerprint density at radius 1 is 1.15 bits per heavy atom. The van der Waals surface area contributed by atoms with Crippen molar-refractivity contribution in [2.24, 2.45) is 0 Å². The van der Waals surface area contributed by atoms with Crippen molar-refractivity contribution in [1.82, 2.24) is 9.55 Å². The molecule has 0 radical (unpaired) electrons. The van der Waals surface area contributed by atoms with Gasteiger partial charge in [0.25, 0.3) is 5.56 Å². The zero-order valence-electron chi connectivity index (χ0n) is 19.4. The number of hydrogen-bond acceptors (Lipinski definition) is 6. The first-order valence-electron chi connectivity index (χ1n) is 10.8. The van der Waals surface area contributed by atoms with Gasteiger partial charge in [-0.3, -0.25) is 14.2 Å². The molecule has 7 heteroatoms. The molecule has 2 aromatic carbocycles. The summed E-state index contributed by atoms with van der Waals surface area (Å²) in [6, 6.07) is 13.2. The third-order valence-corrected chi connectivity index (χ3v) is 7.96. The van der Waals surface area contributed by atoms with Crippen molar-refractivity contribution < 1.29 is 9.53 Å². The van der Waals surface area contributed by atoms with Crippen LogP contribution in [0.5, 0.6) is 5.75 Å². The molecule has 0 spiro atoms. The van der Waals surface area contributed by atoms with Crippen molar-refractivity contribution in [3.05, 3.63) is 79.9 Å². The van der Waals surface area contributed by atoms with E-state index in [-0.39, 0.29) is 17.1 Å². The van der Waals surface area contributed by atoms with Gasteiger partial charge in [0.2, 0.25) is 0 Å². The highest BCUT2D eigenvalue weighted by atomic mass is 32.2. The highest BCUT2D eigenvalue weighted by Gasteiger charge is 2.20. The fourth-order valence-corrected chi connectivity index (χ4v) is 5.92. The standard InChI is InChI=1S/C26H26N2O3S2/c1-6-22-17(4)23-24(33-22)27-26(28(25(23)30)18-8-7-9-19(13-18)31-5)32-14-21(29)20-12-15(2)10-11-16(20)3/h7-13H,6,14H2,1-5H3. The van der Waals surface area contributed by atoms with Gasteiger partial charge in [0.15, 0.2) is 10.9 Å². The van der Waals surface area contributed by atoms with E-state index in [1.807, 2.05) is 63.2 Å². The van der Waals surface area contributed by atoms with E-state index < -0.39 is 0 Å². The zero-order valence-corrected chi connectivity index (χ0v) is 21.0. The number of nitrogens with zero attached hydrogens (tertiary/aromatic N) is 2. The second kappa shape index (κ2) is 9.53. The molecule has 2 heterocycles. The van der Waals surface area contributed by atoms with Crippen LogP contribution in [0.4, 0.5) is 0 Å². The number of Topliss-reactive ketones (excluding diaryl/α,β-unsaturated/α-hetero) is 1. The number of carbonyl (C=O) groups is 1. The summed E-state index contributed by atoms with van der Waals surface area (Å²) in [7, 11) is 1.60. The summed E-state index contributed by atoms with van der Waals surface area (Å²) >= 11 is 2.84. The van der Waals surface area contributed by atoms with Crippen LogP contribution in [0.25, 0.3) is 15.9 Å². The molecule has 0 atom stereocenters. The Morgan fingerprint density at radius 2 is 1.94 bits per heavy atom. The second-order valence-corrected chi connectivity index (χ2v) is 9.98. The molecule has 0 amide bonds. The maximum absolute atomic E-state index is 13.7. The Kier molecular flexibility index (Phi) is 6.72. The van der Waals surface area contributed by atoms with Gasteiger partial charge >= 0.3 is 0 Å². The van der Waals surface area contributed by atoms with Crippen LogP contribution in [0.15, 0.2) is 52.4 Å². The number of hydrogen-bond donors (Lipinski definition) is 0. The number of benzene rings is 2. The van der Waals surface area contributed by atoms with Gasteiger partial charge in [0.1, 0.15) is 10.6 Å². The summed E-state index contributed by atoms with van der Waals surface area (Å²) in [5, 5.41) is 1.15. The summed E-state index contributed by atoms with van der Waals surface area (Å²) < 4.78 is 6.98. The van der Waals surface area contributed by atoms with Crippen LogP contribution in [0.2, 0.25) is 0 Å². The Labute approximate surface area is 201 Å². The number of ether oxygens (including phenoxy) is 1. The molecule has 0 aliphatic heterocycles. The highest BCUT2D eigenvalue weighted by Crippen LogP contribution is 2.31. The quantitative estimate of drug-likeness (QED) is 0.187. The first-order valence-corrected chi connectivity index (χ1v) is 12.6. The molecule has 5 nitrogen and oxygen atoms in total. The zero-order chi connectivity index (χ0) is 23.7. The molecule has 0 unspecified atom stereocenters. The van der Waals surface area contributed by atoms with Crippen molar-refractivity contribution in [3.63, 3.8) is 0 Å². The molecule has 4 aromatic rings. The minimum absolute atomic E-state index is 0.0179. The lowest BCUT2D eigenvalue weighted by Crippen LogP contribution is -2.22. The molecule has 2 aromatic heterocycles. The third kappa shape index (κ3) is 4.48. The molecule has 0 bridgehead atoms. The Hall–Kier alpha value is -2.90. The minimum atomic E-state index is -0.122. The van der Waals surface area contributed by atoms with Crippen LogP contribution in [-0.4, -0.2) is 28.2 Å². The van der Waals surface area contributed by atoms with E-state index in [1.165, 1.54) is 11.8 Å². The largest absolute Gasteiger partial charge is 0.497 e. The predicted molar refractivity (Wildman–Crippen MR) is 137 cm³/mol. The molecule has 33 heavy (non-hydrogen) atoms. The first kappa shape index (κ1) is 23.3. The fraction of sp³-hybridized carbons (Fsp3) is 0.269.